The van der Waals surface area contributed by atoms with Crippen LogP contribution in [0.15, 0.2) is 53.3 Å². The molecule has 4 rings (SSSR count). The Morgan fingerprint density at radius 3 is 2.72 bits per heavy atom. The van der Waals surface area contributed by atoms with Gasteiger partial charge in [0.2, 0.25) is 5.91 Å². The van der Waals surface area contributed by atoms with Crippen LogP contribution in [0, 0.1) is 4.77 Å². The second-order valence-corrected chi connectivity index (χ2v) is 7.98. The topological polar surface area (TPSA) is 96.4 Å². The standard InChI is InChI=1S/C23H24N4O4S/c1-31-13-5-11-27-22(30)17-9-8-16(14-18(17)25-23(27)32)21(29)26-12-10-24-20(28)19(26)15-6-3-2-4-7-15/h2-4,6-9,14,19H,5,10-13H2,1H3,(H,24,28)(H,25,32)/t19-/m1/s1. The summed E-state index contributed by atoms with van der Waals surface area (Å²) in [4.78, 5) is 43.5. The van der Waals surface area contributed by atoms with E-state index in [1.54, 1.807) is 30.2 Å². The Labute approximate surface area is 189 Å². The number of nitrogens with zero attached hydrogens (tertiary/aromatic N) is 2. The van der Waals surface area contributed by atoms with E-state index in [1.165, 1.54) is 4.57 Å². The van der Waals surface area contributed by atoms with E-state index in [4.69, 9.17) is 17.0 Å². The Bertz CT molecular complexity index is 1270. The summed E-state index contributed by atoms with van der Waals surface area (Å²) in [5, 5.41) is 3.28. The number of fused-ring (bicyclic) bond motifs is 1. The second kappa shape index (κ2) is 9.46. The zero-order chi connectivity index (χ0) is 22.7. The molecule has 1 saturated heterocycles. The number of amides is 2. The van der Waals surface area contributed by atoms with Crippen molar-refractivity contribution in [3.05, 3.63) is 74.8 Å². The van der Waals surface area contributed by atoms with Gasteiger partial charge in [0.1, 0.15) is 6.04 Å². The number of benzene rings is 2. The molecular weight excluding hydrogens is 428 g/mol. The number of ether oxygens (including phenoxy) is 1. The van der Waals surface area contributed by atoms with Crippen LogP contribution < -0.4 is 10.9 Å². The molecule has 8 nitrogen and oxygen atoms in total. The highest BCUT2D eigenvalue weighted by molar-refractivity contribution is 7.71. The molecule has 2 aromatic carbocycles. The molecule has 0 radical (unpaired) electrons. The first kappa shape index (κ1) is 21.9. The molecule has 0 aliphatic carbocycles. The van der Waals surface area contributed by atoms with Gasteiger partial charge in [0.25, 0.3) is 11.5 Å². The number of piperazine rings is 1. The van der Waals surface area contributed by atoms with Gasteiger partial charge in [-0.1, -0.05) is 30.3 Å². The van der Waals surface area contributed by atoms with Gasteiger partial charge in [-0.15, -0.1) is 0 Å². The molecule has 166 valence electrons. The zero-order valence-electron chi connectivity index (χ0n) is 17.7. The van der Waals surface area contributed by atoms with Crippen molar-refractivity contribution in [1.82, 2.24) is 19.8 Å². The van der Waals surface area contributed by atoms with Crippen molar-refractivity contribution in [2.75, 3.05) is 26.8 Å². The van der Waals surface area contributed by atoms with Gasteiger partial charge in [-0.25, -0.2) is 0 Å². The van der Waals surface area contributed by atoms with Crippen molar-refractivity contribution in [2.24, 2.45) is 0 Å². The Morgan fingerprint density at radius 1 is 1.19 bits per heavy atom. The van der Waals surface area contributed by atoms with E-state index in [9.17, 15) is 14.4 Å². The molecule has 0 bridgehead atoms. The summed E-state index contributed by atoms with van der Waals surface area (Å²) in [6.45, 7) is 1.74. The highest BCUT2D eigenvalue weighted by atomic mass is 32.1. The Hall–Kier alpha value is -3.30. The maximum absolute atomic E-state index is 13.4. The van der Waals surface area contributed by atoms with Crippen LogP contribution in [0.1, 0.15) is 28.4 Å². The number of hydrogen-bond acceptors (Lipinski definition) is 5. The van der Waals surface area contributed by atoms with Gasteiger partial charge in [0.15, 0.2) is 4.77 Å². The normalized spacial score (nSPS) is 16.2. The van der Waals surface area contributed by atoms with Gasteiger partial charge >= 0.3 is 0 Å². The molecule has 1 aromatic heterocycles. The third-order valence-corrected chi connectivity index (χ3v) is 5.87. The molecule has 1 atom stereocenters. The van der Waals surface area contributed by atoms with Gasteiger partial charge in [-0.05, 0) is 42.4 Å². The summed E-state index contributed by atoms with van der Waals surface area (Å²) in [6, 6.07) is 13.4. The molecule has 1 aliphatic rings. The van der Waals surface area contributed by atoms with E-state index >= 15 is 0 Å². The summed E-state index contributed by atoms with van der Waals surface area (Å²) >= 11 is 5.37. The summed E-state index contributed by atoms with van der Waals surface area (Å²) in [5.41, 5.74) is 1.41. The first-order chi connectivity index (χ1) is 15.5. The van der Waals surface area contributed by atoms with E-state index in [0.717, 1.165) is 5.56 Å². The number of methoxy groups -OCH3 is 1. The zero-order valence-corrected chi connectivity index (χ0v) is 18.5. The second-order valence-electron chi connectivity index (χ2n) is 7.60. The van der Waals surface area contributed by atoms with Crippen LogP contribution in [0.3, 0.4) is 0 Å². The number of aromatic amines is 1. The van der Waals surface area contributed by atoms with Crippen LogP contribution >= 0.6 is 12.2 Å². The average molecular weight is 453 g/mol. The van der Waals surface area contributed by atoms with Gasteiger partial charge in [-0.2, -0.15) is 0 Å². The first-order valence-electron chi connectivity index (χ1n) is 10.4. The number of aromatic nitrogens is 2. The van der Waals surface area contributed by atoms with E-state index < -0.39 is 6.04 Å². The smallest absolute Gasteiger partial charge is 0.262 e. The van der Waals surface area contributed by atoms with Gasteiger partial charge < -0.3 is 19.9 Å². The highest BCUT2D eigenvalue weighted by Crippen LogP contribution is 2.25. The van der Waals surface area contributed by atoms with Crippen LogP contribution in [0.25, 0.3) is 10.9 Å². The third kappa shape index (κ3) is 4.21. The molecule has 3 aromatic rings. The fourth-order valence-electron chi connectivity index (χ4n) is 3.98. The number of H-pyrrole nitrogens is 1. The predicted molar refractivity (Wildman–Crippen MR) is 123 cm³/mol. The molecule has 1 aliphatic heterocycles. The number of carbonyl (C=O) groups excluding carboxylic acids is 2. The SMILES string of the molecule is COCCCn1c(=S)[nH]c2cc(C(=O)N3CCNC(=O)[C@H]3c3ccccc3)ccc2c1=O. The van der Waals surface area contributed by atoms with Crippen molar-refractivity contribution in [3.8, 4) is 0 Å². The summed E-state index contributed by atoms with van der Waals surface area (Å²) in [7, 11) is 1.61. The van der Waals surface area contributed by atoms with Crippen LogP contribution in [-0.2, 0) is 16.1 Å². The largest absolute Gasteiger partial charge is 0.385 e. The van der Waals surface area contributed by atoms with Gasteiger partial charge in [0.05, 0.1) is 10.9 Å². The van der Waals surface area contributed by atoms with Crippen LogP contribution in [0.2, 0.25) is 0 Å². The van der Waals surface area contributed by atoms with Crippen LogP contribution in [-0.4, -0.2) is 53.1 Å². The minimum absolute atomic E-state index is 0.210. The molecule has 9 heteroatoms. The number of rotatable bonds is 6. The lowest BCUT2D eigenvalue weighted by molar-refractivity contribution is -0.128. The fourth-order valence-corrected chi connectivity index (χ4v) is 4.26. The van der Waals surface area contributed by atoms with Crippen molar-refractivity contribution >= 4 is 34.9 Å². The summed E-state index contributed by atoms with van der Waals surface area (Å²) < 4.78 is 6.84. The van der Waals surface area contributed by atoms with E-state index in [1.807, 2.05) is 30.3 Å². The van der Waals surface area contributed by atoms with E-state index in [2.05, 4.69) is 10.3 Å². The molecule has 32 heavy (non-hydrogen) atoms. The first-order valence-corrected chi connectivity index (χ1v) is 10.8. The van der Waals surface area contributed by atoms with Crippen molar-refractivity contribution in [3.63, 3.8) is 0 Å². The Balaban J connectivity index is 1.69. The molecule has 2 heterocycles. The monoisotopic (exact) mass is 452 g/mol. The lowest BCUT2D eigenvalue weighted by Crippen LogP contribution is -2.52. The van der Waals surface area contributed by atoms with Crippen molar-refractivity contribution in [1.29, 1.82) is 0 Å². The van der Waals surface area contributed by atoms with Crippen molar-refractivity contribution in [2.45, 2.75) is 19.0 Å². The molecule has 0 saturated carbocycles. The lowest BCUT2D eigenvalue weighted by atomic mass is 10.0. The predicted octanol–water partition coefficient (Wildman–Crippen LogP) is 2.41. The molecule has 2 amide bonds. The van der Waals surface area contributed by atoms with Gasteiger partial charge in [0, 0.05) is 38.9 Å². The lowest BCUT2D eigenvalue weighted by Gasteiger charge is -2.35. The number of hydrogen-bond donors (Lipinski definition) is 2. The maximum Gasteiger partial charge on any atom is 0.262 e. The molecule has 1 fully saturated rings. The maximum atomic E-state index is 13.4. The Kier molecular flexibility index (Phi) is 6.48. The molecule has 2 N–H and O–H groups in total. The van der Waals surface area contributed by atoms with E-state index in [-0.39, 0.29) is 17.4 Å². The summed E-state index contributed by atoms with van der Waals surface area (Å²) in [5.74, 6) is -0.492. The number of nitrogens with one attached hydrogen (secondary N) is 2. The number of carbonyl (C=O) groups is 2. The third-order valence-electron chi connectivity index (χ3n) is 5.55. The minimum Gasteiger partial charge on any atom is -0.385 e. The molecule has 0 unspecified atom stereocenters. The summed E-state index contributed by atoms with van der Waals surface area (Å²) in [6.07, 6.45) is 0.661. The van der Waals surface area contributed by atoms with Gasteiger partial charge in [-0.3, -0.25) is 19.0 Å². The van der Waals surface area contributed by atoms with Crippen LogP contribution in [0.5, 0.6) is 0 Å². The minimum atomic E-state index is -0.708. The van der Waals surface area contributed by atoms with Crippen LogP contribution in [0.4, 0.5) is 0 Å². The molecular formula is C23H24N4O4S. The molecule has 0 spiro atoms. The average Bonchev–Trinajstić information content (AvgIpc) is 2.80. The van der Waals surface area contributed by atoms with Crippen molar-refractivity contribution < 1.29 is 14.3 Å². The fraction of sp³-hybridized carbons (Fsp3) is 0.304. The quantitative estimate of drug-likeness (QED) is 0.442. The Morgan fingerprint density at radius 2 is 1.97 bits per heavy atom. The highest BCUT2D eigenvalue weighted by Gasteiger charge is 2.34. The van der Waals surface area contributed by atoms with E-state index in [0.29, 0.717) is 53.9 Å².